The summed E-state index contributed by atoms with van der Waals surface area (Å²) in [6.45, 7) is 4.80. The number of hydrogen-bond donors (Lipinski definition) is 1. The molecule has 1 aromatic carbocycles. The predicted molar refractivity (Wildman–Crippen MR) is 101 cm³/mol. The van der Waals surface area contributed by atoms with Gasteiger partial charge in [0.15, 0.2) is 0 Å². The second-order valence-corrected chi connectivity index (χ2v) is 8.83. The van der Waals surface area contributed by atoms with Crippen molar-refractivity contribution in [1.82, 2.24) is 9.62 Å². The highest BCUT2D eigenvalue weighted by atomic mass is 32.2. The van der Waals surface area contributed by atoms with Crippen molar-refractivity contribution in [3.63, 3.8) is 0 Å². The van der Waals surface area contributed by atoms with Crippen molar-refractivity contribution < 1.29 is 13.2 Å². The van der Waals surface area contributed by atoms with Gasteiger partial charge in [0.25, 0.3) is 0 Å². The van der Waals surface area contributed by atoms with E-state index in [-0.39, 0.29) is 30.2 Å². The highest BCUT2D eigenvalue weighted by molar-refractivity contribution is 7.88. The van der Waals surface area contributed by atoms with E-state index in [4.69, 9.17) is 5.26 Å². The number of unbranched alkanes of at least 4 members (excludes halogenated alkanes) is 1. The third kappa shape index (κ3) is 5.29. The molecule has 1 fully saturated rings. The Morgan fingerprint density at radius 1 is 1.38 bits per heavy atom. The molecule has 1 aliphatic heterocycles. The van der Waals surface area contributed by atoms with Crippen molar-refractivity contribution in [2.75, 3.05) is 13.1 Å². The van der Waals surface area contributed by atoms with Crippen LogP contribution in [0.25, 0.3) is 0 Å². The first kappa shape index (κ1) is 20.4. The van der Waals surface area contributed by atoms with Crippen molar-refractivity contribution in [3.05, 3.63) is 35.4 Å². The topological polar surface area (TPSA) is 90.3 Å². The van der Waals surface area contributed by atoms with E-state index < -0.39 is 10.0 Å². The maximum absolute atomic E-state index is 12.9. The minimum atomic E-state index is -3.56. The lowest BCUT2D eigenvalue weighted by molar-refractivity contribution is -0.126. The van der Waals surface area contributed by atoms with Crippen LogP contribution in [0.1, 0.15) is 50.7 Å². The molecule has 1 aromatic rings. The SMILES string of the molecule is CCCCNC(=O)C1CCC(C)N(S(=O)(=O)Cc2cccc(C#N)c2)C1. The van der Waals surface area contributed by atoms with Crippen molar-refractivity contribution in [1.29, 1.82) is 5.26 Å². The van der Waals surface area contributed by atoms with Gasteiger partial charge in [-0.2, -0.15) is 9.57 Å². The Balaban J connectivity index is 2.08. The number of carbonyl (C=O) groups is 1. The average molecular weight is 378 g/mol. The molecule has 2 atom stereocenters. The smallest absolute Gasteiger partial charge is 0.224 e. The molecule has 0 bridgehead atoms. The predicted octanol–water partition coefficient (Wildman–Crippen LogP) is 2.40. The highest BCUT2D eigenvalue weighted by Gasteiger charge is 2.36. The van der Waals surface area contributed by atoms with E-state index in [9.17, 15) is 13.2 Å². The lowest BCUT2D eigenvalue weighted by atomic mass is 9.94. The first-order chi connectivity index (χ1) is 12.4. The van der Waals surface area contributed by atoms with Crippen LogP contribution >= 0.6 is 0 Å². The van der Waals surface area contributed by atoms with Crippen molar-refractivity contribution in [2.24, 2.45) is 5.92 Å². The second-order valence-electron chi connectivity index (χ2n) is 6.91. The third-order valence-electron chi connectivity index (χ3n) is 4.79. The molecular weight excluding hydrogens is 350 g/mol. The van der Waals surface area contributed by atoms with E-state index in [2.05, 4.69) is 12.2 Å². The zero-order chi connectivity index (χ0) is 19.2. The quantitative estimate of drug-likeness (QED) is 0.739. The number of rotatable bonds is 7. The molecule has 1 amide bonds. The Morgan fingerprint density at radius 2 is 2.15 bits per heavy atom. The minimum absolute atomic E-state index is 0.0583. The molecule has 0 saturated carbocycles. The molecule has 6 nitrogen and oxygen atoms in total. The van der Waals surface area contributed by atoms with Gasteiger partial charge in [-0.15, -0.1) is 0 Å². The van der Waals surface area contributed by atoms with Gasteiger partial charge in [0, 0.05) is 19.1 Å². The molecule has 2 rings (SSSR count). The number of hydrogen-bond acceptors (Lipinski definition) is 4. The molecule has 0 spiro atoms. The number of nitrogens with one attached hydrogen (secondary N) is 1. The fraction of sp³-hybridized carbons (Fsp3) is 0.579. The second kappa shape index (κ2) is 9.15. The number of benzene rings is 1. The van der Waals surface area contributed by atoms with Crippen LogP contribution in [-0.4, -0.2) is 37.8 Å². The van der Waals surface area contributed by atoms with Gasteiger partial charge in [-0.1, -0.05) is 25.5 Å². The van der Waals surface area contributed by atoms with E-state index in [1.165, 1.54) is 4.31 Å². The lowest BCUT2D eigenvalue weighted by Gasteiger charge is -2.36. The summed E-state index contributed by atoms with van der Waals surface area (Å²) in [5.74, 6) is -0.517. The zero-order valence-corrected chi connectivity index (χ0v) is 16.3. The molecular formula is C19H27N3O3S. The van der Waals surface area contributed by atoms with Crippen LogP contribution in [0.5, 0.6) is 0 Å². The maximum Gasteiger partial charge on any atom is 0.224 e. The molecule has 0 aliphatic carbocycles. The Labute approximate surface area is 156 Å². The summed E-state index contributed by atoms with van der Waals surface area (Å²) in [4.78, 5) is 12.3. The van der Waals surface area contributed by atoms with Crippen LogP contribution in [0.2, 0.25) is 0 Å². The van der Waals surface area contributed by atoms with Gasteiger partial charge in [-0.3, -0.25) is 4.79 Å². The average Bonchev–Trinajstić information content (AvgIpc) is 2.61. The molecule has 0 aromatic heterocycles. The van der Waals surface area contributed by atoms with Crippen molar-refractivity contribution >= 4 is 15.9 Å². The van der Waals surface area contributed by atoms with Crippen LogP contribution in [0.15, 0.2) is 24.3 Å². The molecule has 1 saturated heterocycles. The molecule has 0 radical (unpaired) electrons. The Hall–Kier alpha value is -1.91. The largest absolute Gasteiger partial charge is 0.356 e. The van der Waals surface area contributed by atoms with Crippen LogP contribution in [0, 0.1) is 17.2 Å². The first-order valence-corrected chi connectivity index (χ1v) is 10.7. The van der Waals surface area contributed by atoms with Crippen LogP contribution in [0.4, 0.5) is 0 Å². The number of sulfonamides is 1. The number of carbonyl (C=O) groups excluding carboxylic acids is 1. The minimum Gasteiger partial charge on any atom is -0.356 e. The number of piperidine rings is 1. The van der Waals surface area contributed by atoms with Gasteiger partial charge in [-0.25, -0.2) is 8.42 Å². The van der Waals surface area contributed by atoms with E-state index in [0.29, 0.717) is 30.5 Å². The zero-order valence-electron chi connectivity index (χ0n) is 15.4. The molecule has 1 aliphatic rings. The summed E-state index contributed by atoms with van der Waals surface area (Å²) in [5.41, 5.74) is 1.03. The summed E-state index contributed by atoms with van der Waals surface area (Å²) in [6.07, 6.45) is 3.30. The van der Waals surface area contributed by atoms with E-state index in [1.807, 2.05) is 13.0 Å². The Morgan fingerprint density at radius 3 is 2.85 bits per heavy atom. The molecule has 1 N–H and O–H groups in total. The van der Waals surface area contributed by atoms with Gasteiger partial charge in [0.05, 0.1) is 23.3 Å². The van der Waals surface area contributed by atoms with Crippen LogP contribution in [-0.2, 0) is 20.6 Å². The molecule has 7 heteroatoms. The van der Waals surface area contributed by atoms with Gasteiger partial charge in [0.1, 0.15) is 0 Å². The Kier molecular flexibility index (Phi) is 7.18. The monoisotopic (exact) mass is 377 g/mol. The van der Waals surface area contributed by atoms with E-state index in [0.717, 1.165) is 12.8 Å². The summed E-state index contributed by atoms with van der Waals surface area (Å²) >= 11 is 0. The van der Waals surface area contributed by atoms with Crippen molar-refractivity contribution in [3.8, 4) is 6.07 Å². The highest BCUT2D eigenvalue weighted by Crippen LogP contribution is 2.26. The molecule has 142 valence electrons. The number of nitrogens with zero attached hydrogens (tertiary/aromatic N) is 2. The summed E-state index contributed by atoms with van der Waals surface area (Å²) < 4.78 is 27.3. The standard InChI is InChI=1S/C19H27N3O3S/c1-3-4-10-21-19(23)18-9-8-15(2)22(13-18)26(24,25)14-17-7-5-6-16(11-17)12-20/h5-7,11,15,18H,3-4,8-10,13-14H2,1-2H3,(H,21,23). The van der Waals surface area contributed by atoms with Gasteiger partial charge in [0.2, 0.25) is 15.9 Å². The molecule has 26 heavy (non-hydrogen) atoms. The summed E-state index contributed by atoms with van der Waals surface area (Å²) in [5, 5.41) is 11.9. The Bertz CT molecular complexity index is 770. The maximum atomic E-state index is 12.9. The molecule has 2 unspecified atom stereocenters. The van der Waals surface area contributed by atoms with Crippen LogP contribution < -0.4 is 5.32 Å². The van der Waals surface area contributed by atoms with Gasteiger partial charge >= 0.3 is 0 Å². The molecule has 1 heterocycles. The number of amides is 1. The lowest BCUT2D eigenvalue weighted by Crippen LogP contribution is -2.49. The van der Waals surface area contributed by atoms with E-state index >= 15 is 0 Å². The fourth-order valence-electron chi connectivity index (χ4n) is 3.23. The number of nitriles is 1. The van der Waals surface area contributed by atoms with Crippen LogP contribution in [0.3, 0.4) is 0 Å². The van der Waals surface area contributed by atoms with Gasteiger partial charge in [-0.05, 0) is 43.9 Å². The normalized spacial score (nSPS) is 21.1. The summed E-state index contributed by atoms with van der Waals surface area (Å²) in [6, 6.07) is 8.55. The van der Waals surface area contributed by atoms with Gasteiger partial charge < -0.3 is 5.32 Å². The first-order valence-electron chi connectivity index (χ1n) is 9.13. The van der Waals surface area contributed by atoms with E-state index in [1.54, 1.807) is 24.3 Å². The van der Waals surface area contributed by atoms with Crippen molar-refractivity contribution in [2.45, 2.75) is 51.3 Å². The summed E-state index contributed by atoms with van der Waals surface area (Å²) in [7, 11) is -3.56. The fourth-order valence-corrected chi connectivity index (χ4v) is 5.06. The third-order valence-corrected chi connectivity index (χ3v) is 6.71.